The number of nitrogens with one attached hydrogen (secondary N) is 2. The second-order valence-corrected chi connectivity index (χ2v) is 11.9. The number of halogens is 4. The van der Waals surface area contributed by atoms with E-state index < -0.39 is 30.6 Å². The fourth-order valence-electron chi connectivity index (χ4n) is 3.89. The Morgan fingerprint density at radius 3 is 1.39 bits per heavy atom. The molecule has 2 unspecified atom stereocenters. The Morgan fingerprint density at radius 1 is 0.652 bits per heavy atom. The number of nitro groups is 2. The number of anilines is 2. The Hall–Kier alpha value is -3.81. The minimum absolute atomic E-state index is 0.00529. The van der Waals surface area contributed by atoms with Crippen molar-refractivity contribution in [2.45, 2.75) is 26.3 Å². The quantitative estimate of drug-likeness (QED) is 0.0548. The van der Waals surface area contributed by atoms with E-state index in [4.69, 9.17) is 64.9 Å². The van der Waals surface area contributed by atoms with E-state index in [9.17, 15) is 24.8 Å². The van der Waals surface area contributed by atoms with E-state index in [0.29, 0.717) is 10.0 Å². The highest BCUT2D eigenvalue weighted by Crippen LogP contribution is 2.38. The van der Waals surface area contributed by atoms with Crippen molar-refractivity contribution in [2.24, 2.45) is 0 Å². The molecule has 242 valence electrons. The van der Waals surface area contributed by atoms with Crippen LogP contribution in [0.1, 0.15) is 13.8 Å². The number of benzene rings is 4. The van der Waals surface area contributed by atoms with Crippen molar-refractivity contribution >= 4 is 77.4 Å². The number of hydrogen-bond donors (Lipinski definition) is 2. The molecule has 0 aliphatic carbocycles. The van der Waals surface area contributed by atoms with Crippen molar-refractivity contribution in [1.82, 2.24) is 0 Å². The molecule has 0 aromatic heterocycles. The zero-order valence-corrected chi connectivity index (χ0v) is 27.7. The Kier molecular flexibility index (Phi) is 11.9. The molecule has 4 aromatic rings. The lowest BCUT2D eigenvalue weighted by Crippen LogP contribution is -2.20. The van der Waals surface area contributed by atoms with Crippen LogP contribution in [0, 0.1) is 20.2 Å². The summed E-state index contributed by atoms with van der Waals surface area (Å²) >= 11 is 24.2. The summed E-state index contributed by atoms with van der Waals surface area (Å²) in [4.78, 5) is 22.0. The molecule has 4 rings (SSSR count). The monoisotopic (exact) mass is 730 g/mol. The van der Waals surface area contributed by atoms with E-state index in [2.05, 4.69) is 10.6 Å². The molecule has 0 aliphatic heterocycles. The predicted molar refractivity (Wildman–Crippen MR) is 177 cm³/mol. The minimum Gasteiger partial charge on any atom is -0.456 e. The summed E-state index contributed by atoms with van der Waals surface area (Å²) in [5.41, 5.74) is -0.631. The maximum atomic E-state index is 12.7. The van der Waals surface area contributed by atoms with Crippen molar-refractivity contribution in [3.63, 3.8) is 0 Å². The molecule has 18 heteroatoms. The molecule has 0 spiro atoms. The van der Waals surface area contributed by atoms with E-state index in [1.807, 2.05) is 0 Å². The van der Waals surface area contributed by atoms with E-state index >= 15 is 0 Å². The van der Waals surface area contributed by atoms with Crippen molar-refractivity contribution in [3.8, 4) is 23.0 Å². The average Bonchev–Trinajstić information content (AvgIpc) is 2.95. The normalized spacial score (nSPS) is 12.9. The van der Waals surface area contributed by atoms with Crippen molar-refractivity contribution in [3.05, 3.63) is 113 Å². The Morgan fingerprint density at radius 2 is 1.04 bits per heavy atom. The van der Waals surface area contributed by atoms with Crippen LogP contribution in [0.5, 0.6) is 23.0 Å². The third-order valence-electron chi connectivity index (χ3n) is 5.84. The molecule has 4 aromatic carbocycles. The summed E-state index contributed by atoms with van der Waals surface area (Å²) in [6.45, 7) is 2.90. The largest absolute Gasteiger partial charge is 0.456 e. The molecule has 0 heterocycles. The summed E-state index contributed by atoms with van der Waals surface area (Å²) in [7, 11) is -3.26. The molecule has 0 amide bonds. The number of hydrogen-bond acceptors (Lipinski definition) is 11. The van der Waals surface area contributed by atoms with Crippen molar-refractivity contribution in [2.75, 3.05) is 10.6 Å². The molecule has 46 heavy (non-hydrogen) atoms. The van der Waals surface area contributed by atoms with Gasteiger partial charge in [0.2, 0.25) is 0 Å². The van der Waals surface area contributed by atoms with Crippen molar-refractivity contribution < 1.29 is 32.9 Å². The van der Waals surface area contributed by atoms with Crippen LogP contribution < -0.4 is 20.1 Å². The Balaban J connectivity index is 1.41. The van der Waals surface area contributed by atoms with Crippen LogP contribution >= 0.6 is 54.7 Å². The average molecular weight is 732 g/mol. The van der Waals surface area contributed by atoms with Crippen LogP contribution in [-0.2, 0) is 13.6 Å². The molecular formula is C28H23Cl4N4O9P. The van der Waals surface area contributed by atoms with Crippen LogP contribution in [0.15, 0.2) is 72.8 Å². The minimum atomic E-state index is -3.26. The summed E-state index contributed by atoms with van der Waals surface area (Å²) in [5, 5.41) is 30.0. The van der Waals surface area contributed by atoms with Gasteiger partial charge in [0.15, 0.2) is 0 Å². The number of ether oxygens (including phenoxy) is 2. The standard InChI is InChI=1S/C28H23Cl4N4O9P/c1-15(33-23-13-19(5-7-25(23)35(37)38)42-27-9-3-17(29)11-21(27)31)44-46(41)45-16(2)34-24-14-20(6-8-26(24)36(39)40)43-28-10-4-18(30)12-22(28)32/h3-16,33-34,46H,1-2H3. The first-order valence-corrected chi connectivity index (χ1v) is 15.8. The third-order valence-corrected chi connectivity index (χ3v) is 7.99. The molecular weight excluding hydrogens is 709 g/mol. The predicted octanol–water partition coefficient (Wildman–Crippen LogP) is 10.3. The fourth-order valence-corrected chi connectivity index (χ4v) is 5.54. The van der Waals surface area contributed by atoms with Gasteiger partial charge in [-0.25, -0.2) is 0 Å². The summed E-state index contributed by atoms with van der Waals surface area (Å²) in [6, 6.07) is 17.0. The van der Waals surface area contributed by atoms with Crippen molar-refractivity contribution in [1.29, 1.82) is 0 Å². The lowest BCUT2D eigenvalue weighted by atomic mass is 10.2. The van der Waals surface area contributed by atoms with E-state index in [0.717, 1.165) is 0 Å². The highest BCUT2D eigenvalue weighted by atomic mass is 35.5. The molecule has 0 radical (unpaired) electrons. The molecule has 0 fully saturated rings. The van der Waals surface area contributed by atoms with Crippen LogP contribution in [0.25, 0.3) is 0 Å². The maximum Gasteiger partial charge on any atom is 0.322 e. The van der Waals surface area contributed by atoms with Gasteiger partial charge in [0, 0.05) is 34.3 Å². The first-order valence-electron chi connectivity index (χ1n) is 13.0. The van der Waals surface area contributed by atoms with Crippen LogP contribution in [-0.4, -0.2) is 22.3 Å². The van der Waals surface area contributed by atoms with Crippen LogP contribution in [0.4, 0.5) is 22.7 Å². The van der Waals surface area contributed by atoms with Gasteiger partial charge in [0.25, 0.3) is 11.4 Å². The summed E-state index contributed by atoms with van der Waals surface area (Å²) < 4.78 is 35.0. The lowest BCUT2D eigenvalue weighted by Gasteiger charge is -2.20. The van der Waals surface area contributed by atoms with E-state index in [1.165, 1.54) is 74.5 Å². The second-order valence-electron chi connectivity index (χ2n) is 9.28. The molecule has 0 bridgehead atoms. The highest BCUT2D eigenvalue weighted by Gasteiger charge is 2.21. The fraction of sp³-hybridized carbons (Fsp3) is 0.143. The smallest absolute Gasteiger partial charge is 0.322 e. The second kappa shape index (κ2) is 15.7. The maximum absolute atomic E-state index is 12.7. The van der Waals surface area contributed by atoms with Gasteiger partial charge >= 0.3 is 8.25 Å². The van der Waals surface area contributed by atoms with Gasteiger partial charge in [-0.05, 0) is 62.4 Å². The summed E-state index contributed by atoms with van der Waals surface area (Å²) in [5.74, 6) is 0.942. The highest BCUT2D eigenvalue weighted by molar-refractivity contribution is 7.33. The van der Waals surface area contributed by atoms with Gasteiger partial charge in [-0.15, -0.1) is 0 Å². The first-order chi connectivity index (χ1) is 21.8. The SMILES string of the molecule is CC(Nc1cc(Oc2ccc(Cl)cc2Cl)ccc1[N+](=O)[O-])O[PH](=O)OC(C)Nc1cc(Oc2ccc(Cl)cc2Cl)ccc1[N+](=O)[O-]. The Labute approximate surface area is 282 Å². The van der Waals surface area contributed by atoms with E-state index in [-0.39, 0.29) is 55.8 Å². The van der Waals surface area contributed by atoms with Gasteiger partial charge in [-0.3, -0.25) is 33.8 Å². The molecule has 0 saturated heterocycles. The topological polar surface area (TPSA) is 164 Å². The number of rotatable bonds is 14. The molecule has 0 aliphatic rings. The molecule has 2 atom stereocenters. The molecule has 0 saturated carbocycles. The van der Waals surface area contributed by atoms with Gasteiger partial charge in [0.05, 0.1) is 19.9 Å². The van der Waals surface area contributed by atoms with Crippen LogP contribution in [0.3, 0.4) is 0 Å². The zero-order valence-electron chi connectivity index (χ0n) is 23.7. The van der Waals surface area contributed by atoms with Crippen LogP contribution in [0.2, 0.25) is 20.1 Å². The third kappa shape index (κ3) is 9.60. The van der Waals surface area contributed by atoms with Gasteiger partial charge in [-0.1, -0.05) is 46.4 Å². The van der Waals surface area contributed by atoms with E-state index in [1.54, 1.807) is 12.1 Å². The molecule has 2 N–H and O–H groups in total. The lowest BCUT2D eigenvalue weighted by molar-refractivity contribution is -0.384. The number of nitrogens with zero attached hydrogens (tertiary/aromatic N) is 2. The number of nitro benzene ring substituents is 2. The Bertz CT molecular complexity index is 1670. The van der Waals surface area contributed by atoms with Gasteiger partial charge < -0.3 is 20.1 Å². The van der Waals surface area contributed by atoms with Gasteiger partial charge in [0.1, 0.15) is 46.8 Å². The summed E-state index contributed by atoms with van der Waals surface area (Å²) in [6.07, 6.45) is -2.11. The molecule has 13 nitrogen and oxygen atoms in total. The zero-order chi connectivity index (χ0) is 33.5. The van der Waals surface area contributed by atoms with Gasteiger partial charge in [-0.2, -0.15) is 0 Å². The first kappa shape index (κ1) is 35.1.